The first kappa shape index (κ1) is 17.5. The maximum atomic E-state index is 13.4. The minimum atomic E-state index is -0.772. The molecule has 4 rings (SSSR count). The first-order valence-electron chi connectivity index (χ1n) is 7.85. The molecule has 0 aliphatic carbocycles. The monoisotopic (exact) mass is 403 g/mol. The number of aromatic nitrogens is 5. The van der Waals surface area contributed by atoms with Crippen molar-refractivity contribution in [2.75, 3.05) is 0 Å². The Labute approximate surface area is 159 Å². The first-order valence-corrected chi connectivity index (χ1v) is 9.61. The van der Waals surface area contributed by atoms with Crippen molar-refractivity contribution in [3.05, 3.63) is 50.2 Å². The summed E-state index contributed by atoms with van der Waals surface area (Å²) in [5.74, 6) is -0.772. The molecule has 0 saturated carbocycles. The van der Waals surface area contributed by atoms with Gasteiger partial charge in [-0.3, -0.25) is 4.79 Å². The van der Waals surface area contributed by atoms with E-state index in [0.717, 1.165) is 16.6 Å². The van der Waals surface area contributed by atoms with E-state index in [-0.39, 0.29) is 17.7 Å². The Morgan fingerprint density at radius 3 is 3.00 bits per heavy atom. The van der Waals surface area contributed by atoms with Crippen LogP contribution in [0.4, 0.5) is 4.39 Å². The Balaban J connectivity index is 1.78. The second kappa shape index (κ2) is 6.67. The number of allylic oxidation sites excluding steroid dienone is 1. The van der Waals surface area contributed by atoms with Gasteiger partial charge in [0.15, 0.2) is 11.5 Å². The number of halogens is 1. The lowest BCUT2D eigenvalue weighted by Gasteiger charge is -2.03. The molecule has 4 aromatic rings. The molecular formula is C16H14FN7OS2. The molecule has 0 fully saturated rings. The van der Waals surface area contributed by atoms with E-state index in [1.165, 1.54) is 27.4 Å². The summed E-state index contributed by atoms with van der Waals surface area (Å²) in [6.45, 7) is 0.303. The highest BCUT2D eigenvalue weighted by molar-refractivity contribution is 7.19. The number of hydrogen-bond donors (Lipinski definition) is 2. The van der Waals surface area contributed by atoms with Crippen molar-refractivity contribution >= 4 is 49.6 Å². The highest BCUT2D eigenvalue weighted by Gasteiger charge is 2.19. The van der Waals surface area contributed by atoms with Gasteiger partial charge in [-0.15, -0.1) is 22.7 Å². The third-order valence-corrected chi connectivity index (χ3v) is 5.84. The van der Waals surface area contributed by atoms with E-state index in [9.17, 15) is 9.18 Å². The fraction of sp³-hybridized carbons (Fsp3) is 0.188. The van der Waals surface area contributed by atoms with Gasteiger partial charge in [0.1, 0.15) is 10.5 Å². The smallest absolute Gasteiger partial charge is 0.291 e. The quantitative estimate of drug-likeness (QED) is 0.496. The Morgan fingerprint density at radius 2 is 2.30 bits per heavy atom. The fourth-order valence-electron chi connectivity index (χ4n) is 2.83. The van der Waals surface area contributed by atoms with Crippen molar-refractivity contribution in [1.29, 1.82) is 5.41 Å². The van der Waals surface area contributed by atoms with Gasteiger partial charge in [0, 0.05) is 30.4 Å². The second-order valence-electron chi connectivity index (χ2n) is 5.84. The largest absolute Gasteiger partial charge is 0.402 e. The SMILES string of the molecule is Cn1c2nc(CC(=N)/C(F)=C\N)sc2c2cnn(Cc3cscn3)c(=O)c21. The molecule has 0 saturated heterocycles. The molecule has 0 aliphatic heterocycles. The second-order valence-corrected chi connectivity index (χ2v) is 7.64. The van der Waals surface area contributed by atoms with Crippen molar-refractivity contribution in [3.8, 4) is 0 Å². The molecule has 4 heterocycles. The van der Waals surface area contributed by atoms with E-state index < -0.39 is 5.83 Å². The number of hydrogen-bond acceptors (Lipinski definition) is 8. The molecule has 0 spiro atoms. The molecule has 8 nitrogen and oxygen atoms in total. The van der Waals surface area contributed by atoms with Gasteiger partial charge in [-0.05, 0) is 0 Å². The molecular weight excluding hydrogens is 389 g/mol. The third-order valence-electron chi connectivity index (χ3n) is 4.13. The molecule has 0 atom stereocenters. The molecule has 0 amide bonds. The molecule has 138 valence electrons. The summed E-state index contributed by atoms with van der Waals surface area (Å²) in [5.41, 5.74) is 8.26. The van der Waals surface area contributed by atoms with Crippen LogP contribution < -0.4 is 11.3 Å². The Hall–Kier alpha value is -2.92. The lowest BCUT2D eigenvalue weighted by molar-refractivity contribution is 0.635. The highest BCUT2D eigenvalue weighted by Crippen LogP contribution is 2.31. The van der Waals surface area contributed by atoms with Crippen LogP contribution in [0.1, 0.15) is 10.7 Å². The number of nitrogens with zero attached hydrogens (tertiary/aromatic N) is 5. The minimum absolute atomic E-state index is 0.0364. The van der Waals surface area contributed by atoms with E-state index in [1.54, 1.807) is 23.3 Å². The van der Waals surface area contributed by atoms with Crippen LogP contribution in [-0.2, 0) is 20.0 Å². The molecule has 27 heavy (non-hydrogen) atoms. The van der Waals surface area contributed by atoms with Crippen LogP contribution in [0, 0.1) is 5.41 Å². The van der Waals surface area contributed by atoms with Gasteiger partial charge in [0.2, 0.25) is 0 Å². The van der Waals surface area contributed by atoms with Crippen molar-refractivity contribution < 1.29 is 4.39 Å². The van der Waals surface area contributed by atoms with Gasteiger partial charge in [0.05, 0.1) is 34.4 Å². The highest BCUT2D eigenvalue weighted by atomic mass is 32.1. The van der Waals surface area contributed by atoms with Gasteiger partial charge in [-0.1, -0.05) is 0 Å². The predicted octanol–water partition coefficient (Wildman–Crippen LogP) is 2.18. The van der Waals surface area contributed by atoms with E-state index in [2.05, 4.69) is 15.1 Å². The van der Waals surface area contributed by atoms with Crippen LogP contribution in [0.15, 0.2) is 33.9 Å². The van der Waals surface area contributed by atoms with Crippen LogP contribution in [0.25, 0.3) is 21.3 Å². The first-order chi connectivity index (χ1) is 13.0. The normalized spacial score (nSPS) is 12.3. The maximum Gasteiger partial charge on any atom is 0.291 e. The Bertz CT molecular complexity index is 1250. The zero-order chi connectivity index (χ0) is 19.1. The van der Waals surface area contributed by atoms with Crippen LogP contribution in [0.2, 0.25) is 0 Å². The topological polar surface area (TPSA) is 115 Å². The average molecular weight is 403 g/mol. The van der Waals surface area contributed by atoms with Gasteiger partial charge in [-0.2, -0.15) is 5.10 Å². The number of fused-ring (bicyclic) bond motifs is 3. The van der Waals surface area contributed by atoms with Gasteiger partial charge < -0.3 is 15.7 Å². The summed E-state index contributed by atoms with van der Waals surface area (Å²) in [6, 6.07) is 0. The third kappa shape index (κ3) is 2.94. The number of nitrogens with two attached hydrogens (primary N) is 1. The molecule has 0 bridgehead atoms. The molecule has 0 unspecified atom stereocenters. The lowest BCUT2D eigenvalue weighted by Crippen LogP contribution is -2.24. The number of aryl methyl sites for hydroxylation is 1. The van der Waals surface area contributed by atoms with Gasteiger partial charge in [0.25, 0.3) is 5.56 Å². The number of rotatable bonds is 5. The standard InChI is InChI=1S/C16H14FN7OS2/c1-23-13-9(4-21-24(16(13)25)5-8-6-26-7-20-8)14-15(23)22-12(27-14)2-11(19)10(17)3-18/h3-4,6-7,19H,2,5,18H2,1H3/b10-3+,19-11?. The lowest BCUT2D eigenvalue weighted by atomic mass is 10.2. The molecule has 0 aromatic carbocycles. The van der Waals surface area contributed by atoms with Crippen LogP contribution in [-0.4, -0.2) is 30.0 Å². The maximum absolute atomic E-state index is 13.4. The number of nitrogens with one attached hydrogen (secondary N) is 1. The fourth-order valence-corrected chi connectivity index (χ4v) is 4.49. The summed E-state index contributed by atoms with van der Waals surface area (Å²) in [4.78, 5) is 21.5. The summed E-state index contributed by atoms with van der Waals surface area (Å²) >= 11 is 2.78. The van der Waals surface area contributed by atoms with Crippen molar-refractivity contribution in [2.45, 2.75) is 13.0 Å². The minimum Gasteiger partial charge on any atom is -0.402 e. The summed E-state index contributed by atoms with van der Waals surface area (Å²) in [5, 5.41) is 15.1. The van der Waals surface area contributed by atoms with Crippen molar-refractivity contribution in [1.82, 2.24) is 24.3 Å². The summed E-state index contributed by atoms with van der Waals surface area (Å²) < 4.78 is 17.3. The van der Waals surface area contributed by atoms with E-state index in [1.807, 2.05) is 5.38 Å². The van der Waals surface area contributed by atoms with E-state index in [4.69, 9.17) is 11.1 Å². The Morgan fingerprint density at radius 1 is 1.48 bits per heavy atom. The van der Waals surface area contributed by atoms with E-state index >= 15 is 0 Å². The van der Waals surface area contributed by atoms with Crippen molar-refractivity contribution in [3.63, 3.8) is 0 Å². The van der Waals surface area contributed by atoms with Crippen LogP contribution in [0.3, 0.4) is 0 Å². The molecule has 3 N–H and O–H groups in total. The summed E-state index contributed by atoms with van der Waals surface area (Å²) in [6.07, 6.45) is 2.44. The van der Waals surface area contributed by atoms with Gasteiger partial charge in [-0.25, -0.2) is 19.0 Å². The number of thiazole rings is 2. The molecule has 4 aromatic heterocycles. The molecule has 11 heteroatoms. The van der Waals surface area contributed by atoms with E-state index in [0.29, 0.717) is 28.1 Å². The Kier molecular flexibility index (Phi) is 4.32. The molecule has 0 aliphatic rings. The predicted molar refractivity (Wildman–Crippen MR) is 104 cm³/mol. The van der Waals surface area contributed by atoms with Gasteiger partial charge >= 0.3 is 0 Å². The average Bonchev–Trinajstić information content (AvgIpc) is 3.36. The van der Waals surface area contributed by atoms with Crippen LogP contribution >= 0.6 is 22.7 Å². The zero-order valence-electron chi connectivity index (χ0n) is 14.1. The zero-order valence-corrected chi connectivity index (χ0v) is 15.8. The van der Waals surface area contributed by atoms with Crippen molar-refractivity contribution in [2.24, 2.45) is 12.8 Å². The molecule has 0 radical (unpaired) electrons. The van der Waals surface area contributed by atoms with Crippen LogP contribution in [0.5, 0.6) is 0 Å². The summed E-state index contributed by atoms with van der Waals surface area (Å²) in [7, 11) is 1.76.